The largest absolute Gasteiger partial charge is 0.444 e. The maximum Gasteiger partial charge on any atom is 0.410 e. The minimum Gasteiger partial charge on any atom is -0.444 e. The van der Waals surface area contributed by atoms with Crippen LogP contribution in [0.5, 0.6) is 0 Å². The molecule has 0 saturated carbocycles. The Morgan fingerprint density at radius 2 is 2.19 bits per heavy atom. The number of rotatable bonds is 1. The summed E-state index contributed by atoms with van der Waals surface area (Å²) in [7, 11) is 0. The fourth-order valence-electron chi connectivity index (χ4n) is 2.11. The number of ether oxygens (including phenoxy) is 1. The number of hydrogen-bond acceptors (Lipinski definition) is 4. The zero-order chi connectivity index (χ0) is 15.6. The van der Waals surface area contributed by atoms with Gasteiger partial charge in [0.15, 0.2) is 0 Å². The third-order valence-corrected chi connectivity index (χ3v) is 3.08. The molecule has 0 radical (unpaired) electrons. The number of hydrogen-bond donors (Lipinski definition) is 1. The lowest BCUT2D eigenvalue weighted by Crippen LogP contribution is -2.39. The van der Waals surface area contributed by atoms with Crippen LogP contribution in [0, 0.1) is 5.82 Å². The molecule has 21 heavy (non-hydrogen) atoms. The highest BCUT2D eigenvalue weighted by molar-refractivity contribution is 5.73. The van der Waals surface area contributed by atoms with E-state index in [1.165, 1.54) is 6.07 Å². The Morgan fingerprint density at radius 3 is 2.76 bits per heavy atom. The molecule has 2 rings (SSSR count). The molecule has 0 bridgehead atoms. The zero-order valence-electron chi connectivity index (χ0n) is 12.5. The van der Waals surface area contributed by atoms with Crippen LogP contribution in [0.15, 0.2) is 18.3 Å². The summed E-state index contributed by atoms with van der Waals surface area (Å²) < 4.78 is 19.1. The molecule has 5 nitrogen and oxygen atoms in total. The third kappa shape index (κ3) is 3.93. The van der Waals surface area contributed by atoms with Crippen molar-refractivity contribution >= 4 is 17.5 Å². The smallest absolute Gasteiger partial charge is 0.410 e. The predicted octanol–water partition coefficient (Wildman–Crippen LogP) is 2.83. The van der Waals surface area contributed by atoms with Gasteiger partial charge in [0.25, 0.3) is 0 Å². The van der Waals surface area contributed by atoms with Crippen molar-refractivity contribution in [2.24, 2.45) is 0 Å². The standard InChI is InChI=1S/C15H20FN3O2/c1-15(2,3)21-14(20)19-6-4-10(5-7-19)11-8-13(17)18-9-12(11)16/h4,8-9H,5-7H2,1-3H3,(H2,17,18). The minimum absolute atomic E-state index is 0.280. The van der Waals surface area contributed by atoms with Gasteiger partial charge in [0, 0.05) is 18.7 Å². The van der Waals surface area contributed by atoms with Crippen LogP contribution in [0.25, 0.3) is 5.57 Å². The summed E-state index contributed by atoms with van der Waals surface area (Å²) in [5.41, 5.74) is 6.35. The van der Waals surface area contributed by atoms with Crippen LogP contribution >= 0.6 is 0 Å². The van der Waals surface area contributed by atoms with Crippen molar-refractivity contribution in [3.8, 4) is 0 Å². The van der Waals surface area contributed by atoms with Gasteiger partial charge in [-0.2, -0.15) is 0 Å². The molecule has 0 spiro atoms. The van der Waals surface area contributed by atoms with Crippen molar-refractivity contribution in [3.63, 3.8) is 0 Å². The molecule has 114 valence electrons. The first-order chi connectivity index (χ1) is 9.76. The Hall–Kier alpha value is -2.11. The van der Waals surface area contributed by atoms with Crippen molar-refractivity contribution in [1.82, 2.24) is 9.88 Å². The molecule has 0 aromatic carbocycles. The van der Waals surface area contributed by atoms with E-state index in [9.17, 15) is 9.18 Å². The average molecular weight is 293 g/mol. The van der Waals surface area contributed by atoms with Gasteiger partial charge >= 0.3 is 6.09 Å². The summed E-state index contributed by atoms with van der Waals surface area (Å²) in [6.45, 7) is 6.36. The van der Waals surface area contributed by atoms with Gasteiger partial charge < -0.3 is 15.4 Å². The van der Waals surface area contributed by atoms with Gasteiger partial charge in [0.2, 0.25) is 0 Å². The average Bonchev–Trinajstić information content (AvgIpc) is 2.40. The maximum atomic E-state index is 13.8. The van der Waals surface area contributed by atoms with Gasteiger partial charge in [-0.05, 0) is 38.8 Å². The molecule has 2 heterocycles. The lowest BCUT2D eigenvalue weighted by atomic mass is 10.00. The van der Waals surface area contributed by atoms with E-state index >= 15 is 0 Å². The highest BCUT2D eigenvalue weighted by Crippen LogP contribution is 2.26. The second kappa shape index (κ2) is 5.71. The maximum absolute atomic E-state index is 13.8. The van der Waals surface area contributed by atoms with Gasteiger partial charge in [0.1, 0.15) is 17.2 Å². The first-order valence-electron chi connectivity index (χ1n) is 6.84. The molecule has 0 aliphatic carbocycles. The number of anilines is 1. The number of amides is 1. The van der Waals surface area contributed by atoms with Crippen LogP contribution in [0.1, 0.15) is 32.8 Å². The lowest BCUT2D eigenvalue weighted by Gasteiger charge is -2.29. The van der Waals surface area contributed by atoms with Gasteiger partial charge in [-0.3, -0.25) is 0 Å². The Kier molecular flexibility index (Phi) is 4.16. The predicted molar refractivity (Wildman–Crippen MR) is 79.0 cm³/mol. The number of nitrogen functional groups attached to an aromatic ring is 1. The number of pyridine rings is 1. The van der Waals surface area contributed by atoms with Crippen molar-refractivity contribution in [1.29, 1.82) is 0 Å². The molecule has 0 atom stereocenters. The number of carbonyl (C=O) groups is 1. The summed E-state index contributed by atoms with van der Waals surface area (Å²) >= 11 is 0. The van der Waals surface area contributed by atoms with Crippen molar-refractivity contribution < 1.29 is 13.9 Å². The minimum atomic E-state index is -0.521. The third-order valence-electron chi connectivity index (χ3n) is 3.08. The second-order valence-electron chi connectivity index (χ2n) is 5.99. The van der Waals surface area contributed by atoms with Crippen molar-refractivity contribution in [3.05, 3.63) is 29.7 Å². The highest BCUT2D eigenvalue weighted by atomic mass is 19.1. The molecular formula is C15H20FN3O2. The molecule has 1 aliphatic rings. The molecule has 0 fully saturated rings. The number of nitrogens with zero attached hydrogens (tertiary/aromatic N) is 2. The quantitative estimate of drug-likeness (QED) is 0.864. The molecule has 2 N–H and O–H groups in total. The molecule has 1 aromatic rings. The van der Waals surface area contributed by atoms with E-state index in [4.69, 9.17) is 10.5 Å². The molecular weight excluding hydrogens is 273 g/mol. The van der Waals surface area contributed by atoms with Gasteiger partial charge in [-0.25, -0.2) is 14.2 Å². The van der Waals surface area contributed by atoms with Crippen LogP contribution in [-0.4, -0.2) is 34.7 Å². The van der Waals surface area contributed by atoms with E-state index in [0.717, 1.165) is 11.8 Å². The van der Waals surface area contributed by atoms with Gasteiger partial charge in [0.05, 0.1) is 6.20 Å². The molecule has 0 saturated heterocycles. The topological polar surface area (TPSA) is 68.5 Å². The van der Waals surface area contributed by atoms with Gasteiger partial charge in [-0.1, -0.05) is 6.08 Å². The van der Waals surface area contributed by atoms with Crippen LogP contribution in [-0.2, 0) is 4.74 Å². The van der Waals surface area contributed by atoms with E-state index in [-0.39, 0.29) is 11.9 Å². The number of aromatic nitrogens is 1. The van der Waals surface area contributed by atoms with E-state index in [2.05, 4.69) is 4.98 Å². The SMILES string of the molecule is CC(C)(C)OC(=O)N1CC=C(c2cc(N)ncc2F)CC1. The van der Waals surface area contributed by atoms with Gasteiger partial charge in [-0.15, -0.1) is 0 Å². The monoisotopic (exact) mass is 293 g/mol. The number of halogens is 1. The summed E-state index contributed by atoms with van der Waals surface area (Å²) in [6.07, 6.45) is 3.14. The van der Waals surface area contributed by atoms with E-state index in [1.54, 1.807) is 4.90 Å². The molecule has 1 amide bonds. The van der Waals surface area contributed by atoms with Crippen LogP contribution < -0.4 is 5.73 Å². The first-order valence-corrected chi connectivity index (χ1v) is 6.84. The summed E-state index contributed by atoms with van der Waals surface area (Å²) in [5.74, 6) is -0.122. The van der Waals surface area contributed by atoms with Crippen LogP contribution in [0.4, 0.5) is 15.0 Å². The molecule has 6 heteroatoms. The Morgan fingerprint density at radius 1 is 1.48 bits per heavy atom. The summed E-state index contributed by atoms with van der Waals surface area (Å²) in [4.78, 5) is 17.3. The zero-order valence-corrected chi connectivity index (χ0v) is 12.5. The van der Waals surface area contributed by atoms with Crippen LogP contribution in [0.2, 0.25) is 0 Å². The first kappa shape index (κ1) is 15.3. The second-order valence-corrected chi connectivity index (χ2v) is 5.99. The van der Waals surface area contributed by atoms with Crippen molar-refractivity contribution in [2.45, 2.75) is 32.8 Å². The fourth-order valence-corrected chi connectivity index (χ4v) is 2.11. The van der Waals surface area contributed by atoms with E-state index < -0.39 is 11.4 Å². The Balaban J connectivity index is 2.08. The Labute approximate surface area is 123 Å². The Bertz CT molecular complexity index is 579. The van der Waals surface area contributed by atoms with E-state index in [1.807, 2.05) is 26.8 Å². The summed E-state index contributed by atoms with van der Waals surface area (Å²) in [5, 5.41) is 0. The molecule has 0 unspecified atom stereocenters. The highest BCUT2D eigenvalue weighted by Gasteiger charge is 2.24. The number of carbonyl (C=O) groups excluding carboxylic acids is 1. The van der Waals surface area contributed by atoms with Crippen molar-refractivity contribution in [2.75, 3.05) is 18.8 Å². The molecule has 1 aliphatic heterocycles. The lowest BCUT2D eigenvalue weighted by molar-refractivity contribution is 0.0270. The molecule has 1 aromatic heterocycles. The fraction of sp³-hybridized carbons (Fsp3) is 0.467. The van der Waals surface area contributed by atoms with E-state index in [0.29, 0.717) is 25.1 Å². The van der Waals surface area contributed by atoms with Crippen LogP contribution in [0.3, 0.4) is 0 Å². The normalized spacial score (nSPS) is 15.6. The number of nitrogens with two attached hydrogens (primary N) is 1. The summed E-state index contributed by atoms with van der Waals surface area (Å²) in [6, 6.07) is 1.52.